The second-order valence-corrected chi connectivity index (χ2v) is 8.96. The first-order valence-corrected chi connectivity index (χ1v) is 11.2. The molecule has 4 rings (SSSR count). The molecule has 0 atom stereocenters. The Morgan fingerprint density at radius 1 is 0.968 bits per heavy atom. The molecule has 1 saturated carbocycles. The molecule has 31 heavy (non-hydrogen) atoms. The van der Waals surface area contributed by atoms with Gasteiger partial charge in [-0.2, -0.15) is 0 Å². The van der Waals surface area contributed by atoms with E-state index in [0.717, 1.165) is 17.3 Å². The van der Waals surface area contributed by atoms with Crippen LogP contribution < -0.4 is 10.6 Å². The molecule has 8 heteroatoms. The van der Waals surface area contributed by atoms with Gasteiger partial charge in [-0.15, -0.1) is 0 Å². The lowest BCUT2D eigenvalue weighted by Crippen LogP contribution is -2.44. The normalized spacial score (nSPS) is 17.6. The van der Waals surface area contributed by atoms with Gasteiger partial charge in [0.05, 0.1) is 16.9 Å². The summed E-state index contributed by atoms with van der Waals surface area (Å²) in [5.74, 6) is -0.246. The van der Waals surface area contributed by atoms with Gasteiger partial charge < -0.3 is 20.6 Å². The Hall–Kier alpha value is -2.87. The molecule has 1 aliphatic heterocycles. The molecule has 3 N–H and O–H groups in total. The van der Waals surface area contributed by atoms with Crippen LogP contribution in [0, 0.1) is 5.41 Å². The van der Waals surface area contributed by atoms with E-state index in [-0.39, 0.29) is 28.3 Å². The van der Waals surface area contributed by atoms with Crippen LogP contribution >= 0.6 is 15.9 Å². The Morgan fingerprint density at radius 3 is 2.32 bits per heavy atom. The lowest BCUT2D eigenvalue weighted by Gasteiger charge is -2.38. The maximum Gasteiger partial charge on any atom is 0.323 e. The summed E-state index contributed by atoms with van der Waals surface area (Å²) in [6.07, 6.45) is 3.83. The minimum Gasteiger partial charge on any atom is -0.505 e. The SMILES string of the molecule is O=C(Nc1ccccc1Br)Nc1cccc(C(=O)N2CCC3(CCCC3=O)CC2)c1O. The maximum atomic E-state index is 13.0. The van der Waals surface area contributed by atoms with Crippen LogP contribution in [0.4, 0.5) is 16.2 Å². The lowest BCUT2D eigenvalue weighted by molar-refractivity contribution is -0.127. The number of Topliss-reactive ketones (excluding diaryl/α,β-unsaturated/α-hetero) is 1. The minimum atomic E-state index is -0.536. The number of hydrogen-bond acceptors (Lipinski definition) is 4. The van der Waals surface area contributed by atoms with E-state index in [1.807, 2.05) is 6.07 Å². The fourth-order valence-corrected chi connectivity index (χ4v) is 4.87. The van der Waals surface area contributed by atoms with Crippen molar-refractivity contribution in [3.8, 4) is 5.75 Å². The van der Waals surface area contributed by atoms with Gasteiger partial charge in [-0.1, -0.05) is 18.2 Å². The molecule has 162 valence electrons. The summed E-state index contributed by atoms with van der Waals surface area (Å²) >= 11 is 3.36. The van der Waals surface area contributed by atoms with Crippen LogP contribution in [0.1, 0.15) is 42.5 Å². The van der Waals surface area contributed by atoms with Gasteiger partial charge in [-0.25, -0.2) is 4.79 Å². The Kier molecular flexibility index (Phi) is 6.00. The average molecular weight is 486 g/mol. The van der Waals surface area contributed by atoms with Crippen molar-refractivity contribution in [2.24, 2.45) is 5.41 Å². The standard InChI is InChI=1S/C23H24BrN3O4/c24-16-6-1-2-7-17(16)25-22(31)26-18-8-3-5-15(20(18)29)21(30)27-13-11-23(12-14-27)10-4-9-19(23)28/h1-3,5-8,29H,4,9-14H2,(H2,25,26,31). The van der Waals surface area contributed by atoms with E-state index in [1.165, 1.54) is 6.07 Å². The Morgan fingerprint density at radius 2 is 1.65 bits per heavy atom. The molecule has 1 heterocycles. The summed E-state index contributed by atoms with van der Waals surface area (Å²) in [4.78, 5) is 39.3. The zero-order chi connectivity index (χ0) is 22.0. The Labute approximate surface area is 188 Å². The predicted octanol–water partition coefficient (Wildman–Crippen LogP) is 4.77. The van der Waals surface area contributed by atoms with Gasteiger partial charge in [0.25, 0.3) is 5.91 Å². The van der Waals surface area contributed by atoms with Gasteiger partial charge in [-0.3, -0.25) is 9.59 Å². The van der Waals surface area contributed by atoms with Crippen LogP contribution in [-0.4, -0.2) is 40.8 Å². The molecule has 0 bridgehead atoms. The van der Waals surface area contributed by atoms with Crippen molar-refractivity contribution in [2.75, 3.05) is 23.7 Å². The van der Waals surface area contributed by atoms with Crippen LogP contribution in [0.25, 0.3) is 0 Å². The third kappa shape index (κ3) is 4.30. The van der Waals surface area contributed by atoms with E-state index in [0.29, 0.717) is 43.8 Å². The number of halogens is 1. The van der Waals surface area contributed by atoms with Crippen LogP contribution in [-0.2, 0) is 4.79 Å². The monoisotopic (exact) mass is 485 g/mol. The van der Waals surface area contributed by atoms with Gasteiger partial charge in [-0.05, 0) is 65.9 Å². The molecule has 0 unspecified atom stereocenters. The molecule has 0 aromatic heterocycles. The molecular weight excluding hydrogens is 462 g/mol. The fraction of sp³-hybridized carbons (Fsp3) is 0.348. The number of rotatable bonds is 3. The zero-order valence-corrected chi connectivity index (χ0v) is 18.6. The number of amides is 3. The van der Waals surface area contributed by atoms with Crippen LogP contribution in [0.3, 0.4) is 0 Å². The molecule has 2 aliphatic rings. The van der Waals surface area contributed by atoms with E-state index in [9.17, 15) is 19.5 Å². The predicted molar refractivity (Wildman–Crippen MR) is 121 cm³/mol. The average Bonchev–Trinajstić information content (AvgIpc) is 3.11. The zero-order valence-electron chi connectivity index (χ0n) is 17.0. The highest BCUT2D eigenvalue weighted by Gasteiger charge is 2.44. The van der Waals surface area contributed by atoms with Crippen molar-refractivity contribution in [2.45, 2.75) is 32.1 Å². The fourth-order valence-electron chi connectivity index (χ4n) is 4.48. The number of likely N-dealkylation sites (tertiary alicyclic amines) is 1. The van der Waals surface area contributed by atoms with Crippen LogP contribution in [0.15, 0.2) is 46.9 Å². The number of nitrogens with one attached hydrogen (secondary N) is 2. The molecule has 1 aliphatic carbocycles. The highest BCUT2D eigenvalue weighted by molar-refractivity contribution is 9.10. The van der Waals surface area contributed by atoms with E-state index < -0.39 is 6.03 Å². The second-order valence-electron chi connectivity index (χ2n) is 8.11. The number of phenolic OH excluding ortho intramolecular Hbond substituents is 1. The number of piperidine rings is 1. The Balaban J connectivity index is 1.44. The van der Waals surface area contributed by atoms with Crippen molar-refractivity contribution in [3.05, 3.63) is 52.5 Å². The molecule has 1 saturated heterocycles. The summed E-state index contributed by atoms with van der Waals surface area (Å²) in [6.45, 7) is 0.981. The maximum absolute atomic E-state index is 13.0. The molecule has 0 radical (unpaired) electrons. The van der Waals surface area contributed by atoms with Gasteiger partial charge >= 0.3 is 6.03 Å². The molecule has 7 nitrogen and oxygen atoms in total. The third-order valence-electron chi connectivity index (χ3n) is 6.30. The number of para-hydroxylation sites is 2. The third-order valence-corrected chi connectivity index (χ3v) is 6.99. The number of benzene rings is 2. The number of anilines is 2. The number of carbonyl (C=O) groups is 3. The van der Waals surface area contributed by atoms with Crippen LogP contribution in [0.2, 0.25) is 0 Å². The minimum absolute atomic E-state index is 0.132. The number of hydrogen-bond donors (Lipinski definition) is 3. The molecule has 1 spiro atoms. The van der Waals surface area contributed by atoms with Gasteiger partial charge in [0, 0.05) is 29.4 Å². The largest absolute Gasteiger partial charge is 0.505 e. The number of ketones is 1. The van der Waals surface area contributed by atoms with Crippen molar-refractivity contribution in [1.29, 1.82) is 0 Å². The number of carbonyl (C=O) groups excluding carboxylic acids is 3. The van der Waals surface area contributed by atoms with Gasteiger partial charge in [0.1, 0.15) is 5.78 Å². The van der Waals surface area contributed by atoms with E-state index >= 15 is 0 Å². The molecule has 2 aromatic carbocycles. The lowest BCUT2D eigenvalue weighted by atomic mass is 9.76. The highest BCUT2D eigenvalue weighted by Crippen LogP contribution is 2.44. The van der Waals surface area contributed by atoms with E-state index in [1.54, 1.807) is 35.2 Å². The van der Waals surface area contributed by atoms with Gasteiger partial charge in [0.15, 0.2) is 5.75 Å². The summed E-state index contributed by atoms with van der Waals surface area (Å²) in [6, 6.07) is 11.3. The van der Waals surface area contributed by atoms with Crippen molar-refractivity contribution in [1.82, 2.24) is 4.90 Å². The number of phenols is 1. The second kappa shape index (κ2) is 8.70. The smallest absolute Gasteiger partial charge is 0.323 e. The van der Waals surface area contributed by atoms with Crippen molar-refractivity contribution >= 4 is 45.0 Å². The summed E-state index contributed by atoms with van der Waals surface area (Å²) in [7, 11) is 0. The molecule has 3 amide bonds. The summed E-state index contributed by atoms with van der Waals surface area (Å²) in [5, 5.41) is 15.9. The number of urea groups is 1. The molecular formula is C23H24BrN3O4. The van der Waals surface area contributed by atoms with Crippen molar-refractivity contribution < 1.29 is 19.5 Å². The quantitative estimate of drug-likeness (QED) is 0.545. The first-order chi connectivity index (χ1) is 14.9. The molecule has 2 fully saturated rings. The topological polar surface area (TPSA) is 98.7 Å². The van der Waals surface area contributed by atoms with Gasteiger partial charge in [0.2, 0.25) is 0 Å². The number of aromatic hydroxyl groups is 1. The molecule has 2 aromatic rings. The van der Waals surface area contributed by atoms with Crippen LogP contribution in [0.5, 0.6) is 5.75 Å². The Bertz CT molecular complexity index is 1030. The number of nitrogens with zero attached hydrogens (tertiary/aromatic N) is 1. The first kappa shape index (κ1) is 21.4. The van der Waals surface area contributed by atoms with E-state index in [2.05, 4.69) is 26.6 Å². The highest BCUT2D eigenvalue weighted by atomic mass is 79.9. The van der Waals surface area contributed by atoms with Crippen molar-refractivity contribution in [3.63, 3.8) is 0 Å². The first-order valence-electron chi connectivity index (χ1n) is 10.4. The summed E-state index contributed by atoms with van der Waals surface area (Å²) < 4.78 is 0.724. The summed E-state index contributed by atoms with van der Waals surface area (Å²) in [5.41, 5.74) is 0.601. The van der Waals surface area contributed by atoms with E-state index in [4.69, 9.17) is 0 Å².